The molecule has 7 aromatic carbocycles. The van der Waals surface area contributed by atoms with Gasteiger partial charge in [-0.3, -0.25) is 0 Å². The maximum Gasteiger partial charge on any atom is 0.189 e. The highest BCUT2D eigenvalue weighted by molar-refractivity contribution is 6.11. The summed E-state index contributed by atoms with van der Waals surface area (Å²) in [4.78, 5) is 11.5. The first-order chi connectivity index (χ1) is 24.7. The molecule has 5 heteroatoms. The zero-order valence-electron chi connectivity index (χ0n) is 26.7. The summed E-state index contributed by atoms with van der Waals surface area (Å²) in [5.74, 6) is 0. The van der Waals surface area contributed by atoms with Gasteiger partial charge in [-0.05, 0) is 82.7 Å². The third kappa shape index (κ3) is 4.38. The standard InChI is InChI=1S/C45H25N5/c1-46-30-20-22-34(29-24-32(48-3)26-33(25-29)49-41-16-8-4-12-35(41)36-13-5-9-17-42(36)49)39(27-30)37-14-6-10-18-43(37)50-44-19-11-7-15-38(44)40-28-31(47-2)21-23-45(40)50/h4-28H. The van der Waals surface area contributed by atoms with Gasteiger partial charge in [0.15, 0.2) is 17.1 Å². The number of aromatic nitrogens is 2. The summed E-state index contributed by atoms with van der Waals surface area (Å²) in [6, 6.07) is 51.0. The summed E-state index contributed by atoms with van der Waals surface area (Å²) in [5.41, 5.74) is 11.4. The summed E-state index contributed by atoms with van der Waals surface area (Å²) in [6.45, 7) is 23.7. The van der Waals surface area contributed by atoms with Crippen LogP contribution >= 0.6 is 0 Å². The lowest BCUT2D eigenvalue weighted by atomic mass is 9.92. The van der Waals surface area contributed by atoms with Crippen molar-refractivity contribution in [3.8, 4) is 33.6 Å². The highest BCUT2D eigenvalue weighted by Crippen LogP contribution is 2.43. The van der Waals surface area contributed by atoms with Crippen molar-refractivity contribution in [1.29, 1.82) is 0 Å². The molecule has 9 rings (SSSR count). The number of benzene rings is 7. The highest BCUT2D eigenvalue weighted by Gasteiger charge is 2.20. The molecule has 0 aliphatic carbocycles. The van der Waals surface area contributed by atoms with E-state index >= 15 is 0 Å². The number of nitrogens with zero attached hydrogens (tertiary/aromatic N) is 5. The number of rotatable bonds is 4. The molecule has 0 spiro atoms. The van der Waals surface area contributed by atoms with Gasteiger partial charge < -0.3 is 9.13 Å². The average Bonchev–Trinajstić information content (AvgIpc) is 3.70. The van der Waals surface area contributed by atoms with Crippen LogP contribution in [-0.2, 0) is 0 Å². The van der Waals surface area contributed by atoms with Crippen molar-refractivity contribution in [1.82, 2.24) is 9.13 Å². The Bertz CT molecular complexity index is 2920. The molecule has 0 amide bonds. The smallest absolute Gasteiger partial charge is 0.189 e. The highest BCUT2D eigenvalue weighted by atomic mass is 15.0. The van der Waals surface area contributed by atoms with E-state index in [0.29, 0.717) is 17.1 Å². The van der Waals surface area contributed by atoms with Crippen LogP contribution in [0.4, 0.5) is 17.1 Å². The normalized spacial score (nSPS) is 11.1. The van der Waals surface area contributed by atoms with Gasteiger partial charge in [0, 0.05) is 27.4 Å². The van der Waals surface area contributed by atoms with E-state index in [-0.39, 0.29) is 0 Å². The largest absolute Gasteiger partial charge is 0.310 e. The van der Waals surface area contributed by atoms with E-state index in [9.17, 15) is 0 Å². The fourth-order valence-electron chi connectivity index (χ4n) is 7.41. The van der Waals surface area contributed by atoms with Crippen LogP contribution in [0.5, 0.6) is 0 Å². The Labute approximate surface area is 288 Å². The average molecular weight is 636 g/mol. The molecule has 2 aromatic heterocycles. The molecule has 0 fully saturated rings. The van der Waals surface area contributed by atoms with Crippen molar-refractivity contribution in [3.05, 3.63) is 186 Å². The number of hydrogen-bond donors (Lipinski definition) is 0. The lowest BCUT2D eigenvalue weighted by Crippen LogP contribution is -1.98. The maximum atomic E-state index is 8.10. The van der Waals surface area contributed by atoms with Crippen LogP contribution in [0.3, 0.4) is 0 Å². The van der Waals surface area contributed by atoms with Gasteiger partial charge in [0.05, 0.1) is 47.5 Å². The van der Waals surface area contributed by atoms with Crippen LogP contribution in [0.1, 0.15) is 0 Å². The van der Waals surface area contributed by atoms with Crippen LogP contribution in [0.15, 0.2) is 152 Å². The third-order valence-corrected chi connectivity index (χ3v) is 9.53. The van der Waals surface area contributed by atoms with Crippen molar-refractivity contribution in [2.45, 2.75) is 0 Å². The van der Waals surface area contributed by atoms with E-state index in [4.69, 9.17) is 19.7 Å². The molecule has 0 aliphatic rings. The Morgan fingerprint density at radius 2 is 0.900 bits per heavy atom. The van der Waals surface area contributed by atoms with E-state index in [1.54, 1.807) is 0 Å². The van der Waals surface area contributed by atoms with Crippen molar-refractivity contribution >= 4 is 60.7 Å². The number of para-hydroxylation sites is 4. The van der Waals surface area contributed by atoms with Gasteiger partial charge in [0.2, 0.25) is 0 Å². The minimum Gasteiger partial charge on any atom is -0.310 e. The van der Waals surface area contributed by atoms with Gasteiger partial charge in [-0.15, -0.1) is 0 Å². The first kappa shape index (κ1) is 28.8. The Morgan fingerprint density at radius 3 is 1.58 bits per heavy atom. The maximum absolute atomic E-state index is 8.10. The second-order valence-electron chi connectivity index (χ2n) is 12.2. The number of fused-ring (bicyclic) bond motifs is 6. The van der Waals surface area contributed by atoms with E-state index in [2.05, 4.69) is 90.4 Å². The fourth-order valence-corrected chi connectivity index (χ4v) is 7.41. The van der Waals surface area contributed by atoms with Crippen molar-refractivity contribution in [2.24, 2.45) is 0 Å². The molecule has 50 heavy (non-hydrogen) atoms. The molecule has 0 radical (unpaired) electrons. The second kappa shape index (κ2) is 11.4. The lowest BCUT2D eigenvalue weighted by molar-refractivity contribution is 1.18. The van der Waals surface area contributed by atoms with Gasteiger partial charge in [0.1, 0.15) is 0 Å². The number of hydrogen-bond acceptors (Lipinski definition) is 0. The quantitative estimate of drug-likeness (QED) is 0.172. The second-order valence-corrected chi connectivity index (χ2v) is 12.2. The van der Waals surface area contributed by atoms with Crippen molar-refractivity contribution in [3.63, 3.8) is 0 Å². The molecule has 0 N–H and O–H groups in total. The molecule has 0 saturated carbocycles. The Balaban J connectivity index is 1.32. The molecule has 9 aromatic rings. The van der Waals surface area contributed by atoms with Crippen LogP contribution in [0, 0.1) is 19.7 Å². The minimum absolute atomic E-state index is 0.533. The molecule has 230 valence electrons. The molecule has 2 heterocycles. The van der Waals surface area contributed by atoms with Crippen molar-refractivity contribution < 1.29 is 0 Å². The molecule has 0 atom stereocenters. The predicted molar refractivity (Wildman–Crippen MR) is 205 cm³/mol. The summed E-state index contributed by atoms with van der Waals surface area (Å²) in [5, 5.41) is 4.39. The zero-order chi connectivity index (χ0) is 33.8. The van der Waals surface area contributed by atoms with E-state index in [1.165, 1.54) is 0 Å². The Kier molecular flexibility index (Phi) is 6.56. The molecule has 0 saturated heterocycles. The minimum atomic E-state index is 0.533. The molecular formula is C45H25N5. The predicted octanol–water partition coefficient (Wildman–Crippen LogP) is 12.9. The summed E-state index contributed by atoms with van der Waals surface area (Å²) >= 11 is 0. The van der Waals surface area contributed by atoms with Crippen LogP contribution in [0.2, 0.25) is 0 Å². The SMILES string of the molecule is [C-]#[N+]c1cc(-c2ccc([N+]#[C-])cc2-c2ccccc2-n2c3ccccc3c3cc([N+]#[C-])ccc32)cc(-n2c3ccccc3c3ccccc32)c1. The lowest BCUT2D eigenvalue weighted by Gasteiger charge is -2.18. The first-order valence-electron chi connectivity index (χ1n) is 16.2. The molecule has 0 aliphatic heterocycles. The van der Waals surface area contributed by atoms with Crippen LogP contribution in [-0.4, -0.2) is 9.13 Å². The molecular weight excluding hydrogens is 611 g/mol. The van der Waals surface area contributed by atoms with Crippen LogP contribution < -0.4 is 0 Å². The third-order valence-electron chi connectivity index (χ3n) is 9.53. The van der Waals surface area contributed by atoms with Gasteiger partial charge >= 0.3 is 0 Å². The van der Waals surface area contributed by atoms with Crippen molar-refractivity contribution in [2.75, 3.05) is 0 Å². The van der Waals surface area contributed by atoms with Gasteiger partial charge in [0.25, 0.3) is 0 Å². The van der Waals surface area contributed by atoms with Crippen LogP contribution in [0.25, 0.3) is 91.8 Å². The first-order valence-corrected chi connectivity index (χ1v) is 16.2. The Hall–Kier alpha value is -7.39. The summed E-state index contributed by atoms with van der Waals surface area (Å²) < 4.78 is 4.49. The van der Waals surface area contributed by atoms with E-state index in [1.807, 2.05) is 84.9 Å². The monoisotopic (exact) mass is 635 g/mol. The Morgan fingerprint density at radius 1 is 0.360 bits per heavy atom. The van der Waals surface area contributed by atoms with Gasteiger partial charge in [-0.1, -0.05) is 91.0 Å². The summed E-state index contributed by atoms with van der Waals surface area (Å²) in [7, 11) is 0. The van der Waals surface area contributed by atoms with Gasteiger partial charge in [-0.25, -0.2) is 14.5 Å². The fraction of sp³-hybridized carbons (Fsp3) is 0. The topological polar surface area (TPSA) is 22.9 Å². The molecule has 5 nitrogen and oxygen atoms in total. The summed E-state index contributed by atoms with van der Waals surface area (Å²) in [6.07, 6.45) is 0. The van der Waals surface area contributed by atoms with E-state index < -0.39 is 0 Å². The molecule has 0 unspecified atom stereocenters. The van der Waals surface area contributed by atoms with E-state index in [0.717, 1.165) is 77.2 Å². The van der Waals surface area contributed by atoms with Gasteiger partial charge in [-0.2, -0.15) is 0 Å². The molecule has 0 bridgehead atoms. The zero-order valence-corrected chi connectivity index (χ0v) is 26.7.